The number of aromatic nitrogens is 1. The predicted octanol–water partition coefficient (Wildman–Crippen LogP) is -0.397. The first-order chi connectivity index (χ1) is 5.79. The van der Waals surface area contributed by atoms with Gasteiger partial charge in [0, 0.05) is 18.3 Å². The molecule has 0 bridgehead atoms. The first-order valence-electron chi connectivity index (χ1n) is 3.98. The molecule has 0 saturated heterocycles. The lowest BCUT2D eigenvalue weighted by Gasteiger charge is -2.16. The Morgan fingerprint density at radius 2 is 2.25 bits per heavy atom. The van der Waals surface area contributed by atoms with Crippen LogP contribution in [0.4, 0.5) is 5.69 Å². The van der Waals surface area contributed by atoms with Crippen molar-refractivity contribution in [2.45, 2.75) is 13.0 Å². The van der Waals surface area contributed by atoms with Crippen LogP contribution in [0.1, 0.15) is 11.1 Å². The van der Waals surface area contributed by atoms with Crippen LogP contribution in [0, 0.1) is 0 Å². The fourth-order valence-electron chi connectivity index (χ4n) is 1.54. The van der Waals surface area contributed by atoms with Crippen molar-refractivity contribution in [3.8, 4) is 0 Å². The van der Waals surface area contributed by atoms with Gasteiger partial charge in [-0.3, -0.25) is 4.79 Å². The fourth-order valence-corrected chi connectivity index (χ4v) is 1.54. The van der Waals surface area contributed by atoms with Gasteiger partial charge < -0.3 is 16.0 Å². The minimum atomic E-state index is -0.0219. The van der Waals surface area contributed by atoms with E-state index in [-0.39, 0.29) is 5.56 Å². The lowest BCUT2D eigenvalue weighted by atomic mass is 10.0. The van der Waals surface area contributed by atoms with E-state index in [1.807, 2.05) is 0 Å². The van der Waals surface area contributed by atoms with Gasteiger partial charge in [0.15, 0.2) is 0 Å². The Kier molecular flexibility index (Phi) is 1.62. The third-order valence-electron chi connectivity index (χ3n) is 2.20. The molecule has 4 N–H and O–H groups in total. The normalized spacial score (nSPS) is 15.7. The van der Waals surface area contributed by atoms with E-state index in [1.54, 1.807) is 6.20 Å². The summed E-state index contributed by atoms with van der Waals surface area (Å²) in [6, 6.07) is 0. The number of nitrogen functional groups attached to an aromatic ring is 1. The van der Waals surface area contributed by atoms with Gasteiger partial charge in [-0.25, -0.2) is 0 Å². The standard InChI is InChI=1S/C8H11N3O/c9-7-4-11-8(12)6-3-10-2-1-5(6)7/h4,10H,1-3,9H2,(H,11,12). The number of H-pyrrole nitrogens is 1. The third-order valence-corrected chi connectivity index (χ3v) is 2.20. The molecular formula is C8H11N3O. The van der Waals surface area contributed by atoms with E-state index < -0.39 is 0 Å². The largest absolute Gasteiger partial charge is 0.397 e. The van der Waals surface area contributed by atoms with Crippen LogP contribution in [0.25, 0.3) is 0 Å². The highest BCUT2D eigenvalue weighted by Crippen LogP contribution is 2.15. The van der Waals surface area contributed by atoms with Crippen LogP contribution in [0.15, 0.2) is 11.0 Å². The molecule has 0 fully saturated rings. The molecule has 0 aromatic carbocycles. The van der Waals surface area contributed by atoms with Crippen molar-refractivity contribution in [3.05, 3.63) is 27.7 Å². The summed E-state index contributed by atoms with van der Waals surface area (Å²) in [7, 11) is 0. The number of pyridine rings is 1. The summed E-state index contributed by atoms with van der Waals surface area (Å²) in [4.78, 5) is 13.9. The molecule has 0 unspecified atom stereocenters. The molecule has 0 atom stereocenters. The van der Waals surface area contributed by atoms with Gasteiger partial charge in [-0.2, -0.15) is 0 Å². The van der Waals surface area contributed by atoms with Crippen molar-refractivity contribution < 1.29 is 0 Å². The number of nitrogens with two attached hydrogens (primary N) is 1. The SMILES string of the molecule is Nc1c[nH]c(=O)c2c1CCNC2. The molecule has 1 aliphatic heterocycles. The second kappa shape index (κ2) is 2.64. The maximum absolute atomic E-state index is 11.3. The first kappa shape index (κ1) is 7.36. The van der Waals surface area contributed by atoms with Gasteiger partial charge in [-0.1, -0.05) is 0 Å². The lowest BCUT2D eigenvalue weighted by Crippen LogP contribution is -2.30. The Balaban J connectivity index is 2.64. The van der Waals surface area contributed by atoms with Crippen LogP contribution in [0.3, 0.4) is 0 Å². The second-order valence-electron chi connectivity index (χ2n) is 2.96. The Morgan fingerprint density at radius 1 is 1.42 bits per heavy atom. The van der Waals surface area contributed by atoms with Gasteiger partial charge in [0.05, 0.1) is 5.69 Å². The molecule has 0 saturated carbocycles. The van der Waals surface area contributed by atoms with E-state index in [1.165, 1.54) is 0 Å². The molecule has 0 spiro atoms. The molecule has 2 heterocycles. The Morgan fingerprint density at radius 3 is 3.00 bits per heavy atom. The monoisotopic (exact) mass is 165 g/mol. The summed E-state index contributed by atoms with van der Waals surface area (Å²) in [5.41, 5.74) is 8.19. The van der Waals surface area contributed by atoms with E-state index >= 15 is 0 Å². The van der Waals surface area contributed by atoms with Gasteiger partial charge in [-0.05, 0) is 18.5 Å². The van der Waals surface area contributed by atoms with Crippen molar-refractivity contribution in [1.82, 2.24) is 10.3 Å². The van der Waals surface area contributed by atoms with Gasteiger partial charge >= 0.3 is 0 Å². The number of fused-ring (bicyclic) bond motifs is 1. The summed E-state index contributed by atoms with van der Waals surface area (Å²) in [5, 5.41) is 3.13. The zero-order valence-electron chi connectivity index (χ0n) is 6.68. The molecule has 4 heteroatoms. The average molecular weight is 165 g/mol. The Hall–Kier alpha value is -1.29. The molecule has 12 heavy (non-hydrogen) atoms. The van der Waals surface area contributed by atoms with Gasteiger partial charge in [0.25, 0.3) is 5.56 Å². The topological polar surface area (TPSA) is 70.9 Å². The van der Waals surface area contributed by atoms with E-state index in [9.17, 15) is 4.79 Å². The summed E-state index contributed by atoms with van der Waals surface area (Å²) in [6.45, 7) is 1.54. The number of anilines is 1. The highest BCUT2D eigenvalue weighted by Gasteiger charge is 2.13. The van der Waals surface area contributed by atoms with Crippen molar-refractivity contribution in [2.24, 2.45) is 0 Å². The average Bonchev–Trinajstić information content (AvgIpc) is 2.12. The Labute approximate surface area is 69.8 Å². The lowest BCUT2D eigenvalue weighted by molar-refractivity contribution is 0.637. The molecule has 4 nitrogen and oxygen atoms in total. The molecule has 1 aromatic rings. The molecule has 0 amide bonds. The summed E-state index contributed by atoms with van der Waals surface area (Å²) < 4.78 is 0. The number of aromatic amines is 1. The van der Waals surface area contributed by atoms with Crippen molar-refractivity contribution in [1.29, 1.82) is 0 Å². The highest BCUT2D eigenvalue weighted by atomic mass is 16.1. The minimum Gasteiger partial charge on any atom is -0.397 e. The molecule has 64 valence electrons. The molecule has 1 aromatic heterocycles. The van der Waals surface area contributed by atoms with Gasteiger partial charge in [0.2, 0.25) is 0 Å². The first-order valence-corrected chi connectivity index (χ1v) is 3.98. The summed E-state index contributed by atoms with van der Waals surface area (Å²) >= 11 is 0. The van der Waals surface area contributed by atoms with Crippen LogP contribution in [0.5, 0.6) is 0 Å². The molecule has 0 radical (unpaired) electrons. The molecule has 2 rings (SSSR count). The third kappa shape index (κ3) is 1.00. The minimum absolute atomic E-state index is 0.0219. The maximum atomic E-state index is 11.3. The number of nitrogens with one attached hydrogen (secondary N) is 2. The summed E-state index contributed by atoms with van der Waals surface area (Å²) in [5.74, 6) is 0. The maximum Gasteiger partial charge on any atom is 0.252 e. The zero-order valence-corrected chi connectivity index (χ0v) is 6.68. The highest BCUT2D eigenvalue weighted by molar-refractivity contribution is 5.49. The van der Waals surface area contributed by atoms with Crippen LogP contribution in [-0.4, -0.2) is 11.5 Å². The van der Waals surface area contributed by atoms with Gasteiger partial charge in [0.1, 0.15) is 0 Å². The molecule has 0 aliphatic carbocycles. The van der Waals surface area contributed by atoms with E-state index in [0.29, 0.717) is 12.2 Å². The summed E-state index contributed by atoms with van der Waals surface area (Å²) in [6.07, 6.45) is 2.43. The Bertz CT molecular complexity index is 356. The predicted molar refractivity (Wildman–Crippen MR) is 46.9 cm³/mol. The van der Waals surface area contributed by atoms with Gasteiger partial charge in [-0.15, -0.1) is 0 Å². The zero-order chi connectivity index (χ0) is 8.55. The van der Waals surface area contributed by atoms with Crippen molar-refractivity contribution >= 4 is 5.69 Å². The smallest absolute Gasteiger partial charge is 0.252 e. The van der Waals surface area contributed by atoms with Crippen LogP contribution < -0.4 is 16.6 Å². The van der Waals surface area contributed by atoms with E-state index in [2.05, 4.69) is 10.3 Å². The van der Waals surface area contributed by atoms with E-state index in [0.717, 1.165) is 24.1 Å². The quantitative estimate of drug-likeness (QED) is 0.490. The van der Waals surface area contributed by atoms with Crippen LogP contribution in [-0.2, 0) is 13.0 Å². The van der Waals surface area contributed by atoms with Crippen molar-refractivity contribution in [2.75, 3.05) is 12.3 Å². The number of rotatable bonds is 0. The van der Waals surface area contributed by atoms with Crippen LogP contribution in [0.2, 0.25) is 0 Å². The number of hydrogen-bond donors (Lipinski definition) is 3. The van der Waals surface area contributed by atoms with Crippen LogP contribution >= 0.6 is 0 Å². The van der Waals surface area contributed by atoms with E-state index in [4.69, 9.17) is 5.73 Å². The molecule has 1 aliphatic rings. The molecular weight excluding hydrogens is 154 g/mol. The number of hydrogen-bond acceptors (Lipinski definition) is 3. The fraction of sp³-hybridized carbons (Fsp3) is 0.375. The van der Waals surface area contributed by atoms with Crippen molar-refractivity contribution in [3.63, 3.8) is 0 Å². The second-order valence-corrected chi connectivity index (χ2v) is 2.96.